The highest BCUT2D eigenvalue weighted by atomic mass is 32.2. The van der Waals surface area contributed by atoms with E-state index in [1.54, 1.807) is 0 Å². The topological polar surface area (TPSA) is 32.3 Å². The number of hydrogen-bond acceptors (Lipinski definition) is 3. The lowest BCUT2D eigenvalue weighted by Gasteiger charge is -2.29. The zero-order valence-corrected chi connectivity index (χ0v) is 10.4. The van der Waals surface area contributed by atoms with Crippen molar-refractivity contribution in [3.05, 3.63) is 0 Å². The number of carbonyl (C=O) groups excluding carboxylic acids is 1. The van der Waals surface area contributed by atoms with Crippen LogP contribution in [0.1, 0.15) is 27.7 Å². The minimum atomic E-state index is -0.0769. The maximum atomic E-state index is 11.9. The maximum absolute atomic E-state index is 11.9. The first-order valence-electron chi connectivity index (χ1n) is 5.02. The number of nitrogens with one attached hydrogen (secondary N) is 1. The van der Waals surface area contributed by atoms with E-state index < -0.39 is 0 Å². The van der Waals surface area contributed by atoms with Crippen LogP contribution in [-0.2, 0) is 4.79 Å². The third kappa shape index (κ3) is 2.06. The number of nitrogens with zero attached hydrogens (tertiary/aromatic N) is 1. The summed E-state index contributed by atoms with van der Waals surface area (Å²) in [5, 5.41) is 2.99. The van der Waals surface area contributed by atoms with Gasteiger partial charge in [0.15, 0.2) is 0 Å². The normalized spacial score (nSPS) is 27.8. The predicted octanol–water partition coefficient (Wildman–Crippen LogP) is 1.29. The molecule has 4 heteroatoms. The van der Waals surface area contributed by atoms with Gasteiger partial charge in [0.2, 0.25) is 5.91 Å². The smallest absolute Gasteiger partial charge is 0.240 e. The van der Waals surface area contributed by atoms with Crippen molar-refractivity contribution in [2.45, 2.75) is 44.5 Å². The summed E-state index contributed by atoms with van der Waals surface area (Å²) in [6.07, 6.45) is 0. The molecule has 0 aliphatic carbocycles. The van der Waals surface area contributed by atoms with Gasteiger partial charge in [-0.1, -0.05) is 0 Å². The molecule has 0 aromatic carbocycles. The van der Waals surface area contributed by atoms with E-state index in [9.17, 15) is 4.79 Å². The van der Waals surface area contributed by atoms with Crippen molar-refractivity contribution in [2.75, 3.05) is 12.9 Å². The summed E-state index contributed by atoms with van der Waals surface area (Å²) in [5.41, 5.74) is 0. The molecule has 14 heavy (non-hydrogen) atoms. The molecule has 0 bridgehead atoms. The van der Waals surface area contributed by atoms with Crippen LogP contribution in [0.25, 0.3) is 0 Å². The van der Waals surface area contributed by atoms with Gasteiger partial charge < -0.3 is 10.2 Å². The minimum Gasteiger partial charge on any atom is -0.328 e. The van der Waals surface area contributed by atoms with E-state index >= 15 is 0 Å². The van der Waals surface area contributed by atoms with E-state index in [-0.39, 0.29) is 16.7 Å². The zero-order valence-electron chi connectivity index (χ0n) is 9.63. The summed E-state index contributed by atoms with van der Waals surface area (Å²) in [6, 6.07) is 0.239. The molecule has 0 unspecified atom stereocenters. The summed E-state index contributed by atoms with van der Waals surface area (Å²) < 4.78 is 0.184. The fourth-order valence-electron chi connectivity index (χ4n) is 1.47. The standard InChI is InChI=1S/C10H20N2OS/c1-7(11-5)9(13)12-6-14-10(3,4)8(12)2/h7-8,11H,6H2,1-5H3/t7-,8+/m0/s1. The van der Waals surface area contributed by atoms with Crippen molar-refractivity contribution in [3.8, 4) is 0 Å². The van der Waals surface area contributed by atoms with Crippen LogP contribution in [0.4, 0.5) is 0 Å². The van der Waals surface area contributed by atoms with Gasteiger partial charge in [0.1, 0.15) is 0 Å². The Hall–Kier alpha value is -0.220. The molecule has 3 nitrogen and oxygen atoms in total. The molecule has 0 radical (unpaired) electrons. The van der Waals surface area contributed by atoms with E-state index in [0.717, 1.165) is 5.88 Å². The summed E-state index contributed by atoms with van der Waals surface area (Å²) in [5.74, 6) is 1.03. The first-order chi connectivity index (χ1) is 6.40. The van der Waals surface area contributed by atoms with Crippen LogP contribution < -0.4 is 5.32 Å². The summed E-state index contributed by atoms with van der Waals surface area (Å²) in [4.78, 5) is 13.9. The molecular formula is C10H20N2OS. The van der Waals surface area contributed by atoms with E-state index in [2.05, 4.69) is 26.1 Å². The average Bonchev–Trinajstić information content (AvgIpc) is 2.40. The van der Waals surface area contributed by atoms with Gasteiger partial charge in [-0.05, 0) is 34.7 Å². The molecule has 1 heterocycles. The molecule has 1 fully saturated rings. The van der Waals surface area contributed by atoms with Crippen LogP contribution in [0.3, 0.4) is 0 Å². The van der Waals surface area contributed by atoms with Crippen molar-refractivity contribution < 1.29 is 4.79 Å². The predicted molar refractivity (Wildman–Crippen MR) is 61.4 cm³/mol. The fourth-order valence-corrected chi connectivity index (χ4v) is 2.66. The second-order valence-electron chi connectivity index (χ2n) is 4.37. The fraction of sp³-hybridized carbons (Fsp3) is 0.900. The number of thioether (sulfide) groups is 1. The van der Waals surface area contributed by atoms with Gasteiger partial charge in [-0.15, -0.1) is 11.8 Å². The lowest BCUT2D eigenvalue weighted by Crippen LogP contribution is -2.48. The van der Waals surface area contributed by atoms with Crippen LogP contribution in [0.15, 0.2) is 0 Å². The Bertz CT molecular complexity index is 230. The van der Waals surface area contributed by atoms with Gasteiger partial charge in [0.25, 0.3) is 0 Å². The molecule has 1 amide bonds. The summed E-state index contributed by atoms with van der Waals surface area (Å²) >= 11 is 1.85. The van der Waals surface area contributed by atoms with Crippen LogP contribution in [-0.4, -0.2) is 40.6 Å². The van der Waals surface area contributed by atoms with Crippen molar-refractivity contribution in [1.29, 1.82) is 0 Å². The summed E-state index contributed by atoms with van der Waals surface area (Å²) in [6.45, 7) is 8.42. The van der Waals surface area contributed by atoms with Crippen LogP contribution >= 0.6 is 11.8 Å². The van der Waals surface area contributed by atoms with Crippen molar-refractivity contribution in [3.63, 3.8) is 0 Å². The highest BCUT2D eigenvalue weighted by Crippen LogP contribution is 2.38. The monoisotopic (exact) mass is 216 g/mol. The molecule has 0 spiro atoms. The van der Waals surface area contributed by atoms with E-state index in [4.69, 9.17) is 0 Å². The number of rotatable bonds is 2. The molecule has 0 saturated carbocycles. The molecule has 0 aromatic heterocycles. The number of amides is 1. The van der Waals surface area contributed by atoms with Crippen LogP contribution in [0.5, 0.6) is 0 Å². The lowest BCUT2D eigenvalue weighted by atomic mass is 10.0. The van der Waals surface area contributed by atoms with E-state index in [1.165, 1.54) is 0 Å². The Morgan fingerprint density at radius 3 is 2.57 bits per heavy atom. The Labute approximate surface area is 90.6 Å². The van der Waals surface area contributed by atoms with Gasteiger partial charge in [-0.25, -0.2) is 0 Å². The first kappa shape index (κ1) is 11.9. The Morgan fingerprint density at radius 2 is 2.21 bits per heavy atom. The minimum absolute atomic E-state index is 0.0769. The largest absolute Gasteiger partial charge is 0.328 e. The van der Waals surface area contributed by atoms with E-state index in [0.29, 0.717) is 6.04 Å². The van der Waals surface area contributed by atoms with Crippen molar-refractivity contribution in [1.82, 2.24) is 10.2 Å². The van der Waals surface area contributed by atoms with Gasteiger partial charge in [0, 0.05) is 10.8 Å². The third-order valence-corrected chi connectivity index (χ3v) is 4.63. The van der Waals surface area contributed by atoms with Crippen molar-refractivity contribution >= 4 is 17.7 Å². The maximum Gasteiger partial charge on any atom is 0.240 e. The van der Waals surface area contributed by atoms with Crippen LogP contribution in [0.2, 0.25) is 0 Å². The molecule has 1 rings (SSSR count). The lowest BCUT2D eigenvalue weighted by molar-refractivity contribution is -0.133. The Kier molecular flexibility index (Phi) is 3.48. The average molecular weight is 216 g/mol. The number of carbonyl (C=O) groups is 1. The van der Waals surface area contributed by atoms with Gasteiger partial charge in [-0.3, -0.25) is 4.79 Å². The second-order valence-corrected chi connectivity index (χ2v) is 5.97. The van der Waals surface area contributed by atoms with Gasteiger partial charge in [0.05, 0.1) is 11.9 Å². The quantitative estimate of drug-likeness (QED) is 0.755. The molecule has 0 aromatic rings. The molecule has 82 valence electrons. The Morgan fingerprint density at radius 1 is 1.64 bits per heavy atom. The molecule has 2 atom stereocenters. The van der Waals surface area contributed by atoms with Gasteiger partial charge in [-0.2, -0.15) is 0 Å². The highest BCUT2D eigenvalue weighted by Gasteiger charge is 2.41. The Balaban J connectivity index is 2.68. The zero-order chi connectivity index (χ0) is 10.9. The summed E-state index contributed by atoms with van der Waals surface area (Å²) in [7, 11) is 1.82. The molecular weight excluding hydrogens is 196 g/mol. The second kappa shape index (κ2) is 4.11. The SMILES string of the molecule is CN[C@@H](C)C(=O)N1CSC(C)(C)[C@H]1C. The van der Waals surface area contributed by atoms with Crippen molar-refractivity contribution in [2.24, 2.45) is 0 Å². The molecule has 1 aliphatic heterocycles. The number of hydrogen-bond donors (Lipinski definition) is 1. The molecule has 1 N–H and O–H groups in total. The molecule has 1 aliphatic rings. The number of likely N-dealkylation sites (N-methyl/N-ethyl adjacent to an activating group) is 1. The highest BCUT2D eigenvalue weighted by molar-refractivity contribution is 8.00. The van der Waals surface area contributed by atoms with Crippen LogP contribution in [0, 0.1) is 0 Å². The van der Waals surface area contributed by atoms with Gasteiger partial charge >= 0.3 is 0 Å². The molecule has 1 saturated heterocycles. The third-order valence-electron chi connectivity index (χ3n) is 3.14. The first-order valence-corrected chi connectivity index (χ1v) is 6.00. The van der Waals surface area contributed by atoms with E-state index in [1.807, 2.05) is 30.6 Å².